The number of amides is 1. The van der Waals surface area contributed by atoms with Crippen LogP contribution in [-0.2, 0) is 9.59 Å². The van der Waals surface area contributed by atoms with E-state index in [4.69, 9.17) is 11.5 Å². The van der Waals surface area contributed by atoms with Gasteiger partial charge in [0.05, 0.1) is 0 Å². The summed E-state index contributed by atoms with van der Waals surface area (Å²) in [6, 6.07) is 0. The molecule has 0 radical (unpaired) electrons. The zero-order chi connectivity index (χ0) is 16.8. The monoisotopic (exact) mass is 314 g/mol. The number of carbonyl (C=O) groups excluding carboxylic acids is 1. The molecule has 0 spiro atoms. The number of carboxylic acids is 1. The summed E-state index contributed by atoms with van der Waals surface area (Å²) >= 11 is 0. The Kier molecular flexibility index (Phi) is 11.8. The third-order valence-corrected chi connectivity index (χ3v) is 4.22. The minimum absolute atomic E-state index is 0.0283. The molecule has 0 saturated heterocycles. The molecule has 0 fully saturated rings. The lowest BCUT2D eigenvalue weighted by molar-refractivity contribution is -0.144. The fraction of sp³-hybridized carbons (Fsp3) is 0.882. The maximum atomic E-state index is 11.2. The number of nitrogens with two attached hydrogens (primary N) is 2. The molecule has 0 heterocycles. The highest BCUT2D eigenvalue weighted by molar-refractivity contribution is 5.80. The van der Waals surface area contributed by atoms with Gasteiger partial charge < -0.3 is 16.6 Å². The van der Waals surface area contributed by atoms with Gasteiger partial charge in [0, 0.05) is 6.42 Å². The molecule has 0 bridgehead atoms. The van der Waals surface area contributed by atoms with Crippen LogP contribution in [-0.4, -0.2) is 22.5 Å². The van der Waals surface area contributed by atoms with Crippen molar-refractivity contribution >= 4 is 11.9 Å². The van der Waals surface area contributed by atoms with Gasteiger partial charge in [-0.05, 0) is 12.8 Å². The number of carboxylic acid groups (broad SMARTS) is 1. The summed E-state index contributed by atoms with van der Waals surface area (Å²) in [5.74, 6) is -1.54. The number of carbonyl (C=O) groups is 2. The van der Waals surface area contributed by atoms with Crippen molar-refractivity contribution in [2.75, 3.05) is 0 Å². The lowest BCUT2D eigenvalue weighted by Crippen LogP contribution is -2.48. The van der Waals surface area contributed by atoms with Crippen LogP contribution < -0.4 is 11.5 Å². The second-order valence-corrected chi connectivity index (χ2v) is 6.36. The van der Waals surface area contributed by atoms with E-state index in [-0.39, 0.29) is 12.8 Å². The molecule has 0 aromatic heterocycles. The van der Waals surface area contributed by atoms with Crippen molar-refractivity contribution in [3.63, 3.8) is 0 Å². The molecule has 1 unspecified atom stereocenters. The SMILES string of the molecule is CCCCCCCCCCCCC(N)(CCC(N)=O)C(=O)O. The fourth-order valence-electron chi connectivity index (χ4n) is 2.61. The van der Waals surface area contributed by atoms with E-state index in [1.807, 2.05) is 0 Å². The average molecular weight is 314 g/mol. The third kappa shape index (κ3) is 10.6. The van der Waals surface area contributed by atoms with E-state index >= 15 is 0 Å². The van der Waals surface area contributed by atoms with E-state index in [2.05, 4.69) is 6.92 Å². The quantitative estimate of drug-likeness (QED) is 0.403. The van der Waals surface area contributed by atoms with Gasteiger partial charge in [0.25, 0.3) is 0 Å². The molecular formula is C17H34N2O3. The van der Waals surface area contributed by atoms with Crippen molar-refractivity contribution in [3.05, 3.63) is 0 Å². The van der Waals surface area contributed by atoms with E-state index in [9.17, 15) is 14.7 Å². The van der Waals surface area contributed by atoms with Crippen LogP contribution in [0.3, 0.4) is 0 Å². The Morgan fingerprint density at radius 2 is 1.32 bits per heavy atom. The Hall–Kier alpha value is -1.10. The summed E-state index contributed by atoms with van der Waals surface area (Å²) in [7, 11) is 0. The molecule has 0 aromatic rings. The predicted octanol–water partition coefficient (Wildman–Crippen LogP) is 3.35. The molecule has 5 N–H and O–H groups in total. The molecule has 22 heavy (non-hydrogen) atoms. The van der Waals surface area contributed by atoms with Gasteiger partial charge in [0.2, 0.25) is 5.91 Å². The number of hydrogen-bond acceptors (Lipinski definition) is 3. The van der Waals surface area contributed by atoms with Gasteiger partial charge in [-0.1, -0.05) is 71.1 Å². The largest absolute Gasteiger partial charge is 0.480 e. The summed E-state index contributed by atoms with van der Waals surface area (Å²) in [5.41, 5.74) is 9.65. The van der Waals surface area contributed by atoms with Crippen molar-refractivity contribution in [1.82, 2.24) is 0 Å². The fourth-order valence-corrected chi connectivity index (χ4v) is 2.61. The summed E-state index contributed by atoms with van der Waals surface area (Å²) in [6.45, 7) is 2.22. The highest BCUT2D eigenvalue weighted by Gasteiger charge is 2.33. The van der Waals surface area contributed by atoms with Crippen LogP contribution in [0.2, 0.25) is 0 Å². The molecule has 1 atom stereocenters. The molecule has 1 amide bonds. The Morgan fingerprint density at radius 3 is 1.73 bits per heavy atom. The van der Waals surface area contributed by atoms with E-state index in [1.165, 1.54) is 44.9 Å². The van der Waals surface area contributed by atoms with E-state index < -0.39 is 17.4 Å². The van der Waals surface area contributed by atoms with Gasteiger partial charge in [-0.25, -0.2) is 0 Å². The van der Waals surface area contributed by atoms with Crippen LogP contribution in [0.4, 0.5) is 0 Å². The standard InChI is InChI=1S/C17H34N2O3/c1-2-3-4-5-6-7-8-9-10-11-13-17(19,16(21)22)14-12-15(18)20/h2-14,19H2,1H3,(H2,18,20)(H,21,22). The number of hydrogen-bond donors (Lipinski definition) is 3. The summed E-state index contributed by atoms with van der Waals surface area (Å²) in [5, 5.41) is 9.21. The van der Waals surface area contributed by atoms with Crippen LogP contribution in [0.15, 0.2) is 0 Å². The van der Waals surface area contributed by atoms with Gasteiger partial charge in [-0.3, -0.25) is 9.59 Å². The van der Waals surface area contributed by atoms with Gasteiger partial charge in [0.15, 0.2) is 0 Å². The van der Waals surface area contributed by atoms with Gasteiger partial charge in [-0.2, -0.15) is 0 Å². The maximum Gasteiger partial charge on any atom is 0.323 e. The van der Waals surface area contributed by atoms with E-state index in [0.29, 0.717) is 6.42 Å². The van der Waals surface area contributed by atoms with Crippen LogP contribution in [0, 0.1) is 0 Å². The number of rotatable bonds is 15. The topological polar surface area (TPSA) is 106 Å². The van der Waals surface area contributed by atoms with Crippen LogP contribution in [0.5, 0.6) is 0 Å². The molecule has 5 nitrogen and oxygen atoms in total. The van der Waals surface area contributed by atoms with Gasteiger partial charge in [-0.15, -0.1) is 0 Å². The van der Waals surface area contributed by atoms with Crippen molar-refractivity contribution in [3.8, 4) is 0 Å². The Bertz CT molecular complexity index is 321. The van der Waals surface area contributed by atoms with E-state index in [0.717, 1.165) is 19.3 Å². The summed E-state index contributed by atoms with van der Waals surface area (Å²) in [4.78, 5) is 22.0. The summed E-state index contributed by atoms with van der Waals surface area (Å²) < 4.78 is 0. The van der Waals surface area contributed by atoms with E-state index in [1.54, 1.807) is 0 Å². The van der Waals surface area contributed by atoms with Crippen molar-refractivity contribution in [1.29, 1.82) is 0 Å². The molecule has 130 valence electrons. The first-order valence-electron chi connectivity index (χ1n) is 8.73. The molecule has 0 aliphatic rings. The Morgan fingerprint density at radius 1 is 0.864 bits per heavy atom. The summed E-state index contributed by atoms with van der Waals surface area (Å²) in [6.07, 6.45) is 12.5. The number of primary amides is 1. The molecule has 5 heteroatoms. The normalized spacial score (nSPS) is 13.7. The highest BCUT2D eigenvalue weighted by Crippen LogP contribution is 2.20. The van der Waals surface area contributed by atoms with Crippen molar-refractivity contribution in [2.45, 2.75) is 95.9 Å². The lowest BCUT2D eigenvalue weighted by atomic mass is 9.88. The first kappa shape index (κ1) is 20.9. The van der Waals surface area contributed by atoms with Crippen molar-refractivity contribution < 1.29 is 14.7 Å². The molecule has 0 aromatic carbocycles. The Labute approximate surface area is 134 Å². The van der Waals surface area contributed by atoms with Crippen LogP contribution >= 0.6 is 0 Å². The predicted molar refractivity (Wildman–Crippen MR) is 89.4 cm³/mol. The smallest absolute Gasteiger partial charge is 0.323 e. The minimum atomic E-state index is -1.31. The molecule has 0 aliphatic carbocycles. The highest BCUT2D eigenvalue weighted by atomic mass is 16.4. The number of unbranched alkanes of at least 4 members (excludes halogenated alkanes) is 9. The third-order valence-electron chi connectivity index (χ3n) is 4.22. The lowest BCUT2D eigenvalue weighted by Gasteiger charge is -2.24. The molecular weight excluding hydrogens is 280 g/mol. The zero-order valence-corrected chi connectivity index (χ0v) is 14.1. The first-order chi connectivity index (χ1) is 10.4. The number of aliphatic carboxylic acids is 1. The maximum absolute atomic E-state index is 11.2. The Balaban J connectivity index is 3.68. The van der Waals surface area contributed by atoms with Crippen molar-refractivity contribution in [2.24, 2.45) is 11.5 Å². The molecule has 0 aliphatic heterocycles. The zero-order valence-electron chi connectivity index (χ0n) is 14.1. The van der Waals surface area contributed by atoms with Gasteiger partial charge in [0.1, 0.15) is 5.54 Å². The molecule has 0 rings (SSSR count). The second-order valence-electron chi connectivity index (χ2n) is 6.36. The minimum Gasteiger partial charge on any atom is -0.480 e. The van der Waals surface area contributed by atoms with Crippen LogP contribution in [0.25, 0.3) is 0 Å². The van der Waals surface area contributed by atoms with Gasteiger partial charge >= 0.3 is 5.97 Å². The second kappa shape index (κ2) is 12.4. The average Bonchev–Trinajstić information content (AvgIpc) is 2.47. The van der Waals surface area contributed by atoms with Crippen LogP contribution in [0.1, 0.15) is 90.4 Å². The molecule has 0 saturated carbocycles. The first-order valence-corrected chi connectivity index (χ1v) is 8.73.